The summed E-state index contributed by atoms with van der Waals surface area (Å²) in [5.74, 6) is 1.68. The Kier molecular flexibility index (Phi) is 4.96. The predicted molar refractivity (Wildman–Crippen MR) is 91.1 cm³/mol. The van der Waals surface area contributed by atoms with E-state index in [9.17, 15) is 0 Å². The SMILES string of the molecule is Cc1nnc([C@@H](C)Nc2ccc(OCc3cccnc3)c(Cl)c2)o1. The number of rotatable bonds is 6. The van der Waals surface area contributed by atoms with Crippen LogP contribution in [0.2, 0.25) is 5.02 Å². The van der Waals surface area contributed by atoms with E-state index < -0.39 is 0 Å². The van der Waals surface area contributed by atoms with Crippen LogP contribution < -0.4 is 10.1 Å². The van der Waals surface area contributed by atoms with Crippen LogP contribution in [0.15, 0.2) is 47.1 Å². The van der Waals surface area contributed by atoms with Crippen LogP contribution >= 0.6 is 11.6 Å². The quantitative estimate of drug-likeness (QED) is 0.723. The predicted octanol–water partition coefficient (Wildman–Crippen LogP) is 4.18. The largest absolute Gasteiger partial charge is 0.487 e. The van der Waals surface area contributed by atoms with Gasteiger partial charge in [0.15, 0.2) is 0 Å². The van der Waals surface area contributed by atoms with Crippen molar-refractivity contribution in [3.63, 3.8) is 0 Å². The van der Waals surface area contributed by atoms with Crippen molar-refractivity contribution in [3.8, 4) is 5.75 Å². The molecule has 6 nitrogen and oxygen atoms in total. The second kappa shape index (κ2) is 7.31. The number of aromatic nitrogens is 3. The standard InChI is InChI=1S/C17H17ClN4O2/c1-11(17-22-21-12(2)24-17)20-14-5-6-16(15(18)8-14)23-10-13-4-3-7-19-9-13/h3-9,11,20H,10H2,1-2H3/t11-/m1/s1. The minimum atomic E-state index is -0.121. The molecule has 0 aliphatic heterocycles. The van der Waals surface area contributed by atoms with Crippen LogP contribution in [0, 0.1) is 6.92 Å². The second-order valence-electron chi connectivity index (χ2n) is 5.32. The Labute approximate surface area is 144 Å². The van der Waals surface area contributed by atoms with Crippen molar-refractivity contribution in [2.45, 2.75) is 26.5 Å². The molecule has 24 heavy (non-hydrogen) atoms. The van der Waals surface area contributed by atoms with Gasteiger partial charge in [-0.2, -0.15) is 0 Å². The summed E-state index contributed by atoms with van der Waals surface area (Å²) in [6, 6.07) is 9.22. The summed E-state index contributed by atoms with van der Waals surface area (Å²) in [7, 11) is 0. The third-order valence-electron chi connectivity index (χ3n) is 3.34. The second-order valence-corrected chi connectivity index (χ2v) is 5.73. The summed E-state index contributed by atoms with van der Waals surface area (Å²) in [5, 5.41) is 11.6. The highest BCUT2D eigenvalue weighted by molar-refractivity contribution is 6.32. The van der Waals surface area contributed by atoms with Gasteiger partial charge in [-0.15, -0.1) is 10.2 Å². The van der Waals surface area contributed by atoms with Crippen molar-refractivity contribution in [1.29, 1.82) is 0 Å². The van der Waals surface area contributed by atoms with Gasteiger partial charge in [0.1, 0.15) is 18.4 Å². The number of nitrogens with zero attached hydrogens (tertiary/aromatic N) is 3. The fraction of sp³-hybridized carbons (Fsp3) is 0.235. The molecule has 0 aliphatic rings. The lowest BCUT2D eigenvalue weighted by Crippen LogP contribution is -2.07. The Hall–Kier alpha value is -2.60. The van der Waals surface area contributed by atoms with Crippen LogP contribution in [-0.4, -0.2) is 15.2 Å². The zero-order valence-electron chi connectivity index (χ0n) is 13.4. The average molecular weight is 345 g/mol. The van der Waals surface area contributed by atoms with E-state index in [1.165, 1.54) is 0 Å². The fourth-order valence-corrected chi connectivity index (χ4v) is 2.39. The molecule has 0 amide bonds. The van der Waals surface area contributed by atoms with E-state index in [-0.39, 0.29) is 6.04 Å². The van der Waals surface area contributed by atoms with Crippen LogP contribution in [0.5, 0.6) is 5.75 Å². The Morgan fingerprint density at radius 3 is 2.83 bits per heavy atom. The van der Waals surface area contributed by atoms with Crippen molar-refractivity contribution in [2.24, 2.45) is 0 Å². The first kappa shape index (κ1) is 16.3. The molecule has 3 rings (SSSR count). The van der Waals surface area contributed by atoms with Crippen molar-refractivity contribution in [2.75, 3.05) is 5.32 Å². The third-order valence-corrected chi connectivity index (χ3v) is 3.64. The van der Waals surface area contributed by atoms with Crippen LogP contribution in [0.4, 0.5) is 5.69 Å². The first-order valence-corrected chi connectivity index (χ1v) is 7.87. The van der Waals surface area contributed by atoms with Crippen molar-refractivity contribution < 1.29 is 9.15 Å². The molecule has 124 valence electrons. The van der Waals surface area contributed by atoms with E-state index in [0.717, 1.165) is 11.3 Å². The summed E-state index contributed by atoms with van der Waals surface area (Å²) in [6.07, 6.45) is 3.49. The summed E-state index contributed by atoms with van der Waals surface area (Å²) in [4.78, 5) is 4.05. The number of nitrogens with one attached hydrogen (secondary N) is 1. The molecular weight excluding hydrogens is 328 g/mol. The maximum Gasteiger partial charge on any atom is 0.238 e. The molecule has 0 saturated carbocycles. The van der Waals surface area contributed by atoms with E-state index in [2.05, 4.69) is 20.5 Å². The van der Waals surface area contributed by atoms with E-state index in [0.29, 0.717) is 29.2 Å². The van der Waals surface area contributed by atoms with Crippen LogP contribution in [0.25, 0.3) is 0 Å². The molecule has 1 aromatic carbocycles. The fourth-order valence-electron chi connectivity index (χ4n) is 2.15. The first-order valence-electron chi connectivity index (χ1n) is 7.49. The van der Waals surface area contributed by atoms with Gasteiger partial charge in [-0.3, -0.25) is 4.98 Å². The molecule has 1 N–H and O–H groups in total. The van der Waals surface area contributed by atoms with E-state index in [1.807, 2.05) is 31.2 Å². The molecule has 0 fully saturated rings. The van der Waals surface area contributed by atoms with Gasteiger partial charge in [-0.1, -0.05) is 17.7 Å². The highest BCUT2D eigenvalue weighted by Gasteiger charge is 2.13. The number of anilines is 1. The Morgan fingerprint density at radius 1 is 1.29 bits per heavy atom. The first-order chi connectivity index (χ1) is 11.6. The lowest BCUT2D eigenvalue weighted by molar-refractivity contribution is 0.306. The van der Waals surface area contributed by atoms with E-state index in [4.69, 9.17) is 20.8 Å². The van der Waals surface area contributed by atoms with Crippen LogP contribution in [-0.2, 0) is 6.61 Å². The smallest absolute Gasteiger partial charge is 0.238 e. The van der Waals surface area contributed by atoms with Gasteiger partial charge in [0.25, 0.3) is 0 Å². The number of hydrogen-bond acceptors (Lipinski definition) is 6. The van der Waals surface area contributed by atoms with Crippen molar-refractivity contribution in [3.05, 3.63) is 65.1 Å². The topological polar surface area (TPSA) is 73.1 Å². The third kappa shape index (κ3) is 4.02. The minimum absolute atomic E-state index is 0.121. The summed E-state index contributed by atoms with van der Waals surface area (Å²) < 4.78 is 11.1. The molecule has 7 heteroatoms. The molecule has 0 radical (unpaired) electrons. The van der Waals surface area contributed by atoms with Gasteiger partial charge in [0.2, 0.25) is 11.8 Å². The minimum Gasteiger partial charge on any atom is -0.487 e. The van der Waals surface area contributed by atoms with E-state index >= 15 is 0 Å². The molecule has 0 aliphatic carbocycles. The number of pyridine rings is 1. The molecule has 1 atom stereocenters. The maximum atomic E-state index is 6.30. The Balaban J connectivity index is 1.64. The van der Waals surface area contributed by atoms with E-state index in [1.54, 1.807) is 25.4 Å². The highest BCUT2D eigenvalue weighted by Crippen LogP contribution is 2.30. The molecule has 0 bridgehead atoms. The van der Waals surface area contributed by atoms with Crippen LogP contribution in [0.3, 0.4) is 0 Å². The molecule has 0 saturated heterocycles. The van der Waals surface area contributed by atoms with Gasteiger partial charge in [-0.25, -0.2) is 0 Å². The molecule has 0 spiro atoms. The lowest BCUT2D eigenvalue weighted by Gasteiger charge is -2.13. The maximum absolute atomic E-state index is 6.30. The number of hydrogen-bond donors (Lipinski definition) is 1. The zero-order chi connectivity index (χ0) is 16.9. The zero-order valence-corrected chi connectivity index (χ0v) is 14.1. The summed E-state index contributed by atoms with van der Waals surface area (Å²) >= 11 is 6.30. The van der Waals surface area contributed by atoms with Crippen molar-refractivity contribution >= 4 is 17.3 Å². The molecule has 2 aromatic heterocycles. The molecule has 3 aromatic rings. The molecule has 2 heterocycles. The normalized spacial score (nSPS) is 12.0. The number of halogens is 1. The van der Waals surface area contributed by atoms with Crippen molar-refractivity contribution in [1.82, 2.24) is 15.2 Å². The van der Waals surface area contributed by atoms with Gasteiger partial charge in [-0.05, 0) is 31.2 Å². The van der Waals surface area contributed by atoms with Gasteiger partial charge < -0.3 is 14.5 Å². The Morgan fingerprint density at radius 2 is 2.17 bits per heavy atom. The number of ether oxygens (including phenoxy) is 1. The lowest BCUT2D eigenvalue weighted by atomic mass is 10.2. The highest BCUT2D eigenvalue weighted by atomic mass is 35.5. The number of benzene rings is 1. The summed E-state index contributed by atoms with van der Waals surface area (Å²) in [6.45, 7) is 4.11. The Bertz CT molecular complexity index is 807. The van der Waals surface area contributed by atoms with Crippen LogP contribution in [0.1, 0.15) is 30.3 Å². The molecular formula is C17H17ClN4O2. The molecule has 0 unspecified atom stereocenters. The summed E-state index contributed by atoms with van der Waals surface area (Å²) in [5.41, 5.74) is 1.83. The average Bonchev–Trinajstić information content (AvgIpc) is 3.02. The number of aryl methyl sites for hydroxylation is 1. The van der Waals surface area contributed by atoms with Gasteiger partial charge in [0.05, 0.1) is 5.02 Å². The van der Waals surface area contributed by atoms with Gasteiger partial charge >= 0.3 is 0 Å². The van der Waals surface area contributed by atoms with Gasteiger partial charge in [0, 0.05) is 30.6 Å². The monoisotopic (exact) mass is 344 g/mol.